The highest BCUT2D eigenvalue weighted by atomic mass is 35.5. The molecule has 1 atom stereocenters. The average Bonchev–Trinajstić information content (AvgIpc) is 3.20. The Balaban J connectivity index is 1.75. The first kappa shape index (κ1) is 22.2. The molecule has 0 spiro atoms. The maximum absolute atomic E-state index is 13.6. The third-order valence-corrected chi connectivity index (χ3v) is 9.15. The van der Waals surface area contributed by atoms with Gasteiger partial charge in [0, 0.05) is 32.7 Å². The molecule has 1 aromatic heterocycles. The second-order valence-corrected chi connectivity index (χ2v) is 12.1. The van der Waals surface area contributed by atoms with Gasteiger partial charge in [-0.3, -0.25) is 4.79 Å². The molecule has 0 saturated carbocycles. The normalized spacial score (nSPS) is 18.1. The van der Waals surface area contributed by atoms with Gasteiger partial charge < -0.3 is 4.90 Å². The molecule has 0 aliphatic carbocycles. The summed E-state index contributed by atoms with van der Waals surface area (Å²) < 4.78 is 24.9. The molecule has 1 fully saturated rings. The number of nitrogens with zero attached hydrogens (tertiary/aromatic N) is 1. The zero-order valence-electron chi connectivity index (χ0n) is 15.4. The monoisotopic (exact) mass is 521 g/mol. The fourth-order valence-electron chi connectivity index (χ4n) is 3.55. The minimum absolute atomic E-state index is 0.0592. The van der Waals surface area contributed by atoms with Crippen LogP contribution in [0, 0.1) is 0 Å². The van der Waals surface area contributed by atoms with Gasteiger partial charge in [-0.2, -0.15) is 0 Å². The van der Waals surface area contributed by atoms with Crippen molar-refractivity contribution in [2.45, 2.75) is 19.0 Å². The molecule has 0 bridgehead atoms. The van der Waals surface area contributed by atoms with Crippen molar-refractivity contribution in [2.75, 3.05) is 11.5 Å². The zero-order valence-corrected chi connectivity index (χ0v) is 20.0. The first-order valence-corrected chi connectivity index (χ1v) is 13.1. The topological polar surface area (TPSA) is 54.5 Å². The molecule has 0 unspecified atom stereocenters. The van der Waals surface area contributed by atoms with Gasteiger partial charge in [-0.25, -0.2) is 8.42 Å². The van der Waals surface area contributed by atoms with Crippen LogP contribution in [0.2, 0.25) is 20.1 Å². The Morgan fingerprint density at radius 2 is 1.77 bits per heavy atom. The lowest BCUT2D eigenvalue weighted by Crippen LogP contribution is -2.40. The van der Waals surface area contributed by atoms with E-state index >= 15 is 0 Å². The van der Waals surface area contributed by atoms with Crippen molar-refractivity contribution in [1.82, 2.24) is 4.90 Å². The van der Waals surface area contributed by atoms with Crippen LogP contribution in [-0.4, -0.2) is 36.8 Å². The third-order valence-electron chi connectivity index (χ3n) is 5.02. The number of carbonyl (C=O) groups excluding carboxylic acids is 1. The molecule has 30 heavy (non-hydrogen) atoms. The van der Waals surface area contributed by atoms with E-state index in [1.165, 1.54) is 11.3 Å². The SMILES string of the molecule is O=C(c1sc2cc(Cl)cc(Cl)c2c1Cl)N(Cc1ccc(Cl)cc1)[C@H]1CCS(=O)(=O)C1. The van der Waals surface area contributed by atoms with E-state index in [9.17, 15) is 13.2 Å². The molecule has 1 aliphatic rings. The maximum Gasteiger partial charge on any atom is 0.266 e. The number of carbonyl (C=O) groups is 1. The van der Waals surface area contributed by atoms with Gasteiger partial charge in [-0.15, -0.1) is 11.3 Å². The Morgan fingerprint density at radius 3 is 2.40 bits per heavy atom. The number of sulfone groups is 1. The van der Waals surface area contributed by atoms with Crippen molar-refractivity contribution in [3.8, 4) is 0 Å². The van der Waals surface area contributed by atoms with Crippen molar-refractivity contribution in [2.24, 2.45) is 0 Å². The van der Waals surface area contributed by atoms with Crippen LogP contribution in [0.3, 0.4) is 0 Å². The van der Waals surface area contributed by atoms with E-state index in [1.807, 2.05) is 12.1 Å². The van der Waals surface area contributed by atoms with E-state index in [4.69, 9.17) is 46.4 Å². The van der Waals surface area contributed by atoms with Crippen LogP contribution < -0.4 is 0 Å². The van der Waals surface area contributed by atoms with Gasteiger partial charge in [0.05, 0.1) is 21.6 Å². The van der Waals surface area contributed by atoms with E-state index in [0.29, 0.717) is 36.5 Å². The second kappa shape index (κ2) is 8.49. The van der Waals surface area contributed by atoms with E-state index in [-0.39, 0.29) is 29.0 Å². The van der Waals surface area contributed by atoms with Crippen molar-refractivity contribution < 1.29 is 13.2 Å². The Morgan fingerprint density at radius 1 is 1.07 bits per heavy atom. The van der Waals surface area contributed by atoms with Crippen LogP contribution >= 0.6 is 57.7 Å². The number of thiophene rings is 1. The lowest BCUT2D eigenvalue weighted by molar-refractivity contribution is 0.0686. The summed E-state index contributed by atoms with van der Waals surface area (Å²) in [5.74, 6) is -0.337. The van der Waals surface area contributed by atoms with E-state index in [1.54, 1.807) is 29.2 Å². The van der Waals surface area contributed by atoms with Gasteiger partial charge in [-0.05, 0) is 36.2 Å². The van der Waals surface area contributed by atoms with Gasteiger partial charge in [0.25, 0.3) is 5.91 Å². The van der Waals surface area contributed by atoms with Crippen LogP contribution in [0.15, 0.2) is 36.4 Å². The number of rotatable bonds is 4. The predicted molar refractivity (Wildman–Crippen MR) is 125 cm³/mol. The average molecular weight is 523 g/mol. The summed E-state index contributed by atoms with van der Waals surface area (Å²) in [6, 6.07) is 9.95. The van der Waals surface area contributed by atoms with Crippen LogP contribution in [0.1, 0.15) is 21.7 Å². The Kier molecular flexibility index (Phi) is 6.28. The van der Waals surface area contributed by atoms with Gasteiger partial charge in [0.15, 0.2) is 9.84 Å². The Hall–Kier alpha value is -1.02. The van der Waals surface area contributed by atoms with E-state index in [0.717, 1.165) is 5.56 Å². The Bertz CT molecular complexity index is 1240. The molecule has 2 heterocycles. The Labute approximate surface area is 198 Å². The lowest BCUT2D eigenvalue weighted by atomic mass is 10.1. The summed E-state index contributed by atoms with van der Waals surface area (Å²) in [4.78, 5) is 15.5. The third kappa shape index (κ3) is 4.45. The van der Waals surface area contributed by atoms with E-state index in [2.05, 4.69) is 0 Å². The molecule has 4 nitrogen and oxygen atoms in total. The van der Waals surface area contributed by atoms with Crippen LogP contribution in [-0.2, 0) is 16.4 Å². The number of fused-ring (bicyclic) bond motifs is 1. The highest BCUT2D eigenvalue weighted by Crippen LogP contribution is 2.42. The molecule has 1 aliphatic heterocycles. The summed E-state index contributed by atoms with van der Waals surface area (Å²) in [6.45, 7) is 0.245. The molecule has 4 rings (SSSR count). The highest BCUT2D eigenvalue weighted by Gasteiger charge is 2.36. The standard InChI is InChI=1S/C20H15Cl4NO3S2/c21-12-3-1-11(2-4-12)9-25(14-5-6-30(27,28)10-14)20(26)19-18(24)17-15(23)7-13(22)8-16(17)29-19/h1-4,7-8,14H,5-6,9-10H2/t14-/m0/s1. The molecular formula is C20H15Cl4NO3S2. The second-order valence-electron chi connectivity index (χ2n) is 7.12. The van der Waals surface area contributed by atoms with Crippen molar-refractivity contribution >= 4 is 83.6 Å². The quantitative estimate of drug-likeness (QED) is 0.401. The summed E-state index contributed by atoms with van der Waals surface area (Å²) in [5, 5.41) is 2.22. The minimum Gasteiger partial charge on any atom is -0.330 e. The van der Waals surface area contributed by atoms with Crippen LogP contribution in [0.25, 0.3) is 10.1 Å². The van der Waals surface area contributed by atoms with Crippen LogP contribution in [0.4, 0.5) is 0 Å². The van der Waals surface area contributed by atoms with Crippen LogP contribution in [0.5, 0.6) is 0 Å². The fourth-order valence-corrected chi connectivity index (χ4v) is 7.74. The van der Waals surface area contributed by atoms with Crippen molar-refractivity contribution in [1.29, 1.82) is 0 Å². The zero-order chi connectivity index (χ0) is 21.6. The van der Waals surface area contributed by atoms with Gasteiger partial charge in [0.1, 0.15) is 4.88 Å². The maximum atomic E-state index is 13.6. The van der Waals surface area contributed by atoms with Gasteiger partial charge in [-0.1, -0.05) is 58.5 Å². The molecule has 1 saturated heterocycles. The number of amides is 1. The number of benzene rings is 2. The predicted octanol–water partition coefficient (Wildman–Crippen LogP) is 6.34. The lowest BCUT2D eigenvalue weighted by Gasteiger charge is -2.28. The first-order valence-electron chi connectivity index (χ1n) is 8.97. The van der Waals surface area contributed by atoms with Gasteiger partial charge in [0.2, 0.25) is 0 Å². The number of hydrogen-bond donors (Lipinski definition) is 0. The highest BCUT2D eigenvalue weighted by molar-refractivity contribution is 7.91. The number of hydrogen-bond acceptors (Lipinski definition) is 4. The molecule has 0 N–H and O–H groups in total. The first-order chi connectivity index (χ1) is 14.1. The van der Waals surface area contributed by atoms with Gasteiger partial charge >= 0.3 is 0 Å². The minimum atomic E-state index is -3.19. The smallest absolute Gasteiger partial charge is 0.266 e. The molecule has 3 aromatic rings. The van der Waals surface area contributed by atoms with Crippen molar-refractivity contribution in [3.63, 3.8) is 0 Å². The molecule has 10 heteroatoms. The summed E-state index contributed by atoms with van der Waals surface area (Å²) in [6.07, 6.45) is 0.386. The molecule has 158 valence electrons. The number of halogens is 4. The molecule has 1 amide bonds. The van der Waals surface area contributed by atoms with E-state index < -0.39 is 15.9 Å². The van der Waals surface area contributed by atoms with Crippen molar-refractivity contribution in [3.05, 3.63) is 66.9 Å². The fraction of sp³-hybridized carbons (Fsp3) is 0.250. The molecule has 2 aromatic carbocycles. The summed E-state index contributed by atoms with van der Waals surface area (Å²) >= 11 is 26.1. The summed E-state index contributed by atoms with van der Waals surface area (Å²) in [5.41, 5.74) is 0.843. The largest absolute Gasteiger partial charge is 0.330 e. The summed E-state index contributed by atoms with van der Waals surface area (Å²) in [7, 11) is -3.19. The molecular weight excluding hydrogens is 508 g/mol. The molecule has 0 radical (unpaired) electrons.